The van der Waals surface area contributed by atoms with Crippen LogP contribution in [0.4, 0.5) is 5.69 Å². The fraction of sp³-hybridized carbons (Fsp3) is 0.0909. The lowest BCUT2D eigenvalue weighted by atomic mass is 10.2. The predicted molar refractivity (Wildman–Crippen MR) is 76.2 cm³/mol. The number of nitrogens with two attached hydrogens (primary N) is 1. The van der Waals surface area contributed by atoms with Gasteiger partial charge in [-0.2, -0.15) is 0 Å². The molecule has 0 atom stereocenters. The molecule has 0 aliphatic heterocycles. The average Bonchev–Trinajstić information content (AvgIpc) is 2.30. The van der Waals surface area contributed by atoms with Crippen LogP contribution in [0, 0.1) is 3.57 Å². The molecule has 2 aromatic rings. The Hall–Kier alpha value is -1.08. The summed E-state index contributed by atoms with van der Waals surface area (Å²) < 4.78 is 2.08. The van der Waals surface area contributed by atoms with Crippen LogP contribution in [0.25, 0.3) is 0 Å². The molecule has 0 unspecified atom stereocenters. The van der Waals surface area contributed by atoms with Gasteiger partial charge >= 0.3 is 0 Å². The van der Waals surface area contributed by atoms with E-state index in [-0.39, 0.29) is 5.56 Å². The summed E-state index contributed by atoms with van der Waals surface area (Å²) in [4.78, 5) is 15.8. The van der Waals surface area contributed by atoms with Gasteiger partial charge in [0.05, 0.1) is 16.4 Å². The zero-order valence-electron chi connectivity index (χ0n) is 8.73. The highest BCUT2D eigenvalue weighted by molar-refractivity contribution is 14.1. The number of nitrogens with zero attached hydrogens (tertiary/aromatic N) is 2. The minimum absolute atomic E-state index is 0.0834. The van der Waals surface area contributed by atoms with Gasteiger partial charge in [0.1, 0.15) is 0 Å². The van der Waals surface area contributed by atoms with E-state index in [1.54, 1.807) is 18.2 Å². The number of hydrogen-bond donors (Lipinski definition) is 1. The second-order valence-electron chi connectivity index (χ2n) is 3.52. The van der Waals surface area contributed by atoms with Crippen molar-refractivity contribution in [3.63, 3.8) is 0 Å². The van der Waals surface area contributed by atoms with Crippen LogP contribution in [0.2, 0.25) is 5.02 Å². The summed E-state index contributed by atoms with van der Waals surface area (Å²) in [5.41, 5.74) is 7.17. The van der Waals surface area contributed by atoms with E-state index in [2.05, 4.69) is 4.98 Å². The van der Waals surface area contributed by atoms with Crippen LogP contribution in [0.3, 0.4) is 0 Å². The highest BCUT2D eigenvalue weighted by Crippen LogP contribution is 2.18. The van der Waals surface area contributed by atoms with Crippen molar-refractivity contribution >= 4 is 39.9 Å². The number of anilines is 1. The van der Waals surface area contributed by atoms with E-state index in [1.807, 2.05) is 22.6 Å². The highest BCUT2D eigenvalue weighted by Gasteiger charge is 2.05. The van der Waals surface area contributed by atoms with Gasteiger partial charge in [-0.15, -0.1) is 0 Å². The first-order valence-corrected chi connectivity index (χ1v) is 6.27. The summed E-state index contributed by atoms with van der Waals surface area (Å²) >= 11 is 7.85. The lowest BCUT2D eigenvalue weighted by molar-refractivity contribution is 0.731. The fourth-order valence-corrected chi connectivity index (χ4v) is 2.10. The van der Waals surface area contributed by atoms with Crippen LogP contribution in [0.1, 0.15) is 5.56 Å². The molecule has 2 N–H and O–H groups in total. The van der Waals surface area contributed by atoms with Crippen LogP contribution in [0.15, 0.2) is 35.5 Å². The molecule has 1 aromatic carbocycles. The van der Waals surface area contributed by atoms with E-state index >= 15 is 0 Å². The molecule has 0 amide bonds. The van der Waals surface area contributed by atoms with Gasteiger partial charge < -0.3 is 5.73 Å². The normalized spacial score (nSPS) is 10.5. The van der Waals surface area contributed by atoms with E-state index in [9.17, 15) is 4.79 Å². The maximum atomic E-state index is 11.8. The van der Waals surface area contributed by atoms with Crippen molar-refractivity contribution in [2.75, 3.05) is 5.73 Å². The van der Waals surface area contributed by atoms with E-state index in [0.717, 1.165) is 5.56 Å². The van der Waals surface area contributed by atoms with Gasteiger partial charge in [0.2, 0.25) is 0 Å². The molecule has 0 saturated carbocycles. The molecule has 0 fully saturated rings. The smallest absolute Gasteiger partial charge is 0.267 e. The van der Waals surface area contributed by atoms with Crippen molar-refractivity contribution in [2.45, 2.75) is 6.54 Å². The molecule has 17 heavy (non-hydrogen) atoms. The predicted octanol–water partition coefficient (Wildman–Crippen LogP) is 2.13. The van der Waals surface area contributed by atoms with Crippen molar-refractivity contribution in [1.29, 1.82) is 0 Å². The van der Waals surface area contributed by atoms with E-state index < -0.39 is 0 Å². The number of benzene rings is 1. The maximum Gasteiger partial charge on any atom is 0.267 e. The Morgan fingerprint density at radius 3 is 3.00 bits per heavy atom. The first kappa shape index (κ1) is 12.4. The Kier molecular flexibility index (Phi) is 3.68. The lowest BCUT2D eigenvalue weighted by Gasteiger charge is -2.08. The number of nitrogen functional groups attached to an aromatic ring is 1. The second kappa shape index (κ2) is 5.05. The van der Waals surface area contributed by atoms with Crippen LogP contribution < -0.4 is 11.3 Å². The standard InChI is InChI=1S/C11H9ClIN3O/c12-8-1-2-10(14)7(3-8)5-16-6-15-4-9(13)11(16)17/h1-4,6H,5,14H2. The van der Waals surface area contributed by atoms with Crippen molar-refractivity contribution in [3.8, 4) is 0 Å². The van der Waals surface area contributed by atoms with E-state index in [4.69, 9.17) is 17.3 Å². The molecular formula is C11H9ClIN3O. The molecule has 0 saturated heterocycles. The number of halogens is 2. The third-order valence-electron chi connectivity index (χ3n) is 2.30. The monoisotopic (exact) mass is 361 g/mol. The zero-order chi connectivity index (χ0) is 12.4. The largest absolute Gasteiger partial charge is 0.398 e. The molecule has 0 bridgehead atoms. The average molecular weight is 362 g/mol. The Morgan fingerprint density at radius 2 is 2.24 bits per heavy atom. The summed E-state index contributed by atoms with van der Waals surface area (Å²) in [6, 6.07) is 5.20. The van der Waals surface area contributed by atoms with Crippen LogP contribution in [-0.4, -0.2) is 9.55 Å². The van der Waals surface area contributed by atoms with Gasteiger partial charge in [0.15, 0.2) is 0 Å². The Balaban J connectivity index is 2.41. The number of rotatable bonds is 2. The quantitative estimate of drug-likeness (QED) is 0.658. The van der Waals surface area contributed by atoms with Gasteiger partial charge in [0, 0.05) is 16.9 Å². The molecule has 1 aromatic heterocycles. The first-order valence-electron chi connectivity index (χ1n) is 4.82. The van der Waals surface area contributed by atoms with Gasteiger partial charge in [-0.05, 0) is 46.4 Å². The molecule has 0 radical (unpaired) electrons. The van der Waals surface area contributed by atoms with Gasteiger partial charge in [-0.1, -0.05) is 11.6 Å². The molecule has 88 valence electrons. The Morgan fingerprint density at radius 1 is 1.47 bits per heavy atom. The van der Waals surface area contributed by atoms with Gasteiger partial charge in [-0.25, -0.2) is 4.98 Å². The van der Waals surface area contributed by atoms with Crippen LogP contribution >= 0.6 is 34.2 Å². The van der Waals surface area contributed by atoms with E-state index in [0.29, 0.717) is 20.8 Å². The molecule has 1 heterocycles. The minimum Gasteiger partial charge on any atom is -0.398 e. The molecule has 2 rings (SSSR count). The minimum atomic E-state index is -0.0834. The Labute approximate surface area is 117 Å². The number of aromatic nitrogens is 2. The zero-order valence-corrected chi connectivity index (χ0v) is 11.6. The second-order valence-corrected chi connectivity index (χ2v) is 5.12. The van der Waals surface area contributed by atoms with Crippen molar-refractivity contribution in [2.24, 2.45) is 0 Å². The molecule has 6 heteroatoms. The maximum absolute atomic E-state index is 11.8. The van der Waals surface area contributed by atoms with Gasteiger partial charge in [0.25, 0.3) is 5.56 Å². The van der Waals surface area contributed by atoms with Crippen molar-refractivity contribution in [3.05, 3.63) is 55.2 Å². The van der Waals surface area contributed by atoms with E-state index in [1.165, 1.54) is 17.1 Å². The SMILES string of the molecule is Nc1ccc(Cl)cc1Cn1cncc(I)c1=O. The van der Waals surface area contributed by atoms with Crippen molar-refractivity contribution in [1.82, 2.24) is 9.55 Å². The van der Waals surface area contributed by atoms with Crippen LogP contribution in [0.5, 0.6) is 0 Å². The molecule has 4 nitrogen and oxygen atoms in total. The number of hydrogen-bond acceptors (Lipinski definition) is 3. The highest BCUT2D eigenvalue weighted by atomic mass is 127. The molecular weight excluding hydrogens is 352 g/mol. The first-order chi connectivity index (χ1) is 8.08. The summed E-state index contributed by atoms with van der Waals surface area (Å²) in [6.07, 6.45) is 3.02. The lowest BCUT2D eigenvalue weighted by Crippen LogP contribution is -2.23. The summed E-state index contributed by atoms with van der Waals surface area (Å²) in [7, 11) is 0. The summed E-state index contributed by atoms with van der Waals surface area (Å²) in [5, 5.41) is 0.598. The Bertz CT molecular complexity index is 612. The summed E-state index contributed by atoms with van der Waals surface area (Å²) in [6.45, 7) is 0.370. The van der Waals surface area contributed by atoms with Gasteiger partial charge in [-0.3, -0.25) is 9.36 Å². The molecule has 0 aliphatic carbocycles. The summed E-state index contributed by atoms with van der Waals surface area (Å²) in [5.74, 6) is 0. The molecule has 0 spiro atoms. The third kappa shape index (κ3) is 2.78. The van der Waals surface area contributed by atoms with Crippen LogP contribution in [-0.2, 0) is 6.54 Å². The molecule has 0 aliphatic rings. The van der Waals surface area contributed by atoms with Crippen molar-refractivity contribution < 1.29 is 0 Å². The third-order valence-corrected chi connectivity index (χ3v) is 3.28. The topological polar surface area (TPSA) is 60.9 Å². The fourth-order valence-electron chi connectivity index (χ4n) is 1.43.